The summed E-state index contributed by atoms with van der Waals surface area (Å²) in [5.41, 5.74) is 0.971. The Balaban J connectivity index is 1.07. The molecule has 0 aromatic heterocycles. The zero-order valence-corrected chi connectivity index (χ0v) is 26.3. The van der Waals surface area contributed by atoms with E-state index in [0.717, 1.165) is 60.0 Å². The second-order valence-electron chi connectivity index (χ2n) is 12.4. The minimum Gasteiger partial charge on any atom is -0.497 e. The fraction of sp³-hybridized carbons (Fsp3) is 0.441. The van der Waals surface area contributed by atoms with Crippen LogP contribution in [0.15, 0.2) is 60.7 Å². The van der Waals surface area contributed by atoms with Gasteiger partial charge in [-0.15, -0.1) is 0 Å². The van der Waals surface area contributed by atoms with Crippen LogP contribution in [0.4, 0.5) is 0 Å². The highest BCUT2D eigenvalue weighted by Gasteiger charge is 2.42. The maximum atomic E-state index is 13.4. The lowest BCUT2D eigenvalue weighted by Crippen LogP contribution is -2.49. The molecule has 6 rings (SSSR count). The molecule has 2 atom stereocenters. The van der Waals surface area contributed by atoms with Crippen LogP contribution >= 0.6 is 11.6 Å². The number of rotatable bonds is 10. The molecule has 3 aliphatic rings. The van der Waals surface area contributed by atoms with Crippen LogP contribution in [0, 0.1) is 0 Å². The summed E-state index contributed by atoms with van der Waals surface area (Å²) >= 11 is 6.18. The Bertz CT molecular complexity index is 1510. The Labute approximate surface area is 267 Å². The fourth-order valence-corrected chi connectivity index (χ4v) is 6.21. The van der Waals surface area contributed by atoms with Crippen molar-refractivity contribution in [2.45, 2.75) is 50.1 Å². The van der Waals surface area contributed by atoms with Crippen molar-refractivity contribution in [3.8, 4) is 23.0 Å². The maximum absolute atomic E-state index is 13.4. The minimum atomic E-state index is -1.14. The first-order valence-electron chi connectivity index (χ1n) is 15.2. The number of hydrogen-bond acceptors (Lipinski definition) is 9. The van der Waals surface area contributed by atoms with Crippen molar-refractivity contribution in [2.75, 3.05) is 46.5 Å². The number of piperidine rings is 1. The van der Waals surface area contributed by atoms with Gasteiger partial charge in [0.15, 0.2) is 0 Å². The Morgan fingerprint density at radius 1 is 1.04 bits per heavy atom. The lowest BCUT2D eigenvalue weighted by molar-refractivity contribution is -0.0799. The zero-order chi connectivity index (χ0) is 31.6. The number of fused-ring (bicyclic) bond motifs is 1. The van der Waals surface area contributed by atoms with Gasteiger partial charge in [0.2, 0.25) is 0 Å². The third kappa shape index (κ3) is 7.48. The Morgan fingerprint density at radius 3 is 2.51 bits per heavy atom. The maximum Gasteiger partial charge on any atom is 0.281 e. The van der Waals surface area contributed by atoms with Gasteiger partial charge in [0, 0.05) is 50.0 Å². The van der Waals surface area contributed by atoms with E-state index < -0.39 is 17.6 Å². The molecule has 0 unspecified atom stereocenters. The average molecular weight is 639 g/mol. The predicted molar refractivity (Wildman–Crippen MR) is 167 cm³/mol. The number of ether oxygens (including phenoxy) is 4. The van der Waals surface area contributed by atoms with Gasteiger partial charge in [-0.3, -0.25) is 9.63 Å². The molecular formula is C34H39ClN2O8. The molecule has 3 heterocycles. The van der Waals surface area contributed by atoms with Crippen molar-refractivity contribution in [1.82, 2.24) is 9.96 Å². The van der Waals surface area contributed by atoms with Gasteiger partial charge >= 0.3 is 0 Å². The molecule has 10 nitrogen and oxygen atoms in total. The van der Waals surface area contributed by atoms with Crippen LogP contribution in [0.25, 0.3) is 0 Å². The van der Waals surface area contributed by atoms with Gasteiger partial charge in [-0.25, -0.2) is 5.06 Å². The second-order valence-corrected chi connectivity index (χ2v) is 12.8. The molecule has 0 bridgehead atoms. The summed E-state index contributed by atoms with van der Waals surface area (Å²) in [5.74, 6) is 1.98. The molecule has 3 aromatic carbocycles. The Hall–Kier alpha value is -3.54. The van der Waals surface area contributed by atoms with Gasteiger partial charge in [-0.2, -0.15) is 0 Å². The van der Waals surface area contributed by atoms with E-state index in [-0.39, 0.29) is 36.7 Å². The first kappa shape index (κ1) is 31.4. The number of nitrogens with zero attached hydrogens (tertiary/aromatic N) is 2. The number of halogens is 1. The molecule has 240 valence electrons. The predicted octanol–water partition coefficient (Wildman–Crippen LogP) is 4.28. The monoisotopic (exact) mass is 638 g/mol. The van der Waals surface area contributed by atoms with Crippen LogP contribution in [-0.2, 0) is 17.9 Å². The molecular weight excluding hydrogens is 600 g/mol. The number of hydroxylamine groups is 2. The van der Waals surface area contributed by atoms with E-state index in [2.05, 4.69) is 4.90 Å². The standard InChI is InChI=1S/C34H39ClN2O8/c1-33(40)21-37(44-22-33)32(39)29-9-8-28(42-19-23-3-6-27(41-2)7-4-23)16-31(29)43-20-26(38)18-36-13-11-34(12-14-36)17-24-15-25(35)5-10-30(24)45-34/h3-10,15-16,26,38,40H,11-14,17-22H2,1-2H3/t26-,33-/m0/s1. The number of carbonyl (C=O) groups excluding carboxylic acids is 1. The highest BCUT2D eigenvalue weighted by atomic mass is 35.5. The van der Waals surface area contributed by atoms with E-state index in [1.54, 1.807) is 32.2 Å². The van der Waals surface area contributed by atoms with E-state index in [1.165, 1.54) is 0 Å². The van der Waals surface area contributed by atoms with Crippen molar-refractivity contribution in [3.05, 3.63) is 82.4 Å². The van der Waals surface area contributed by atoms with Crippen molar-refractivity contribution >= 4 is 17.5 Å². The molecule has 45 heavy (non-hydrogen) atoms. The lowest BCUT2D eigenvalue weighted by atomic mass is 9.87. The molecule has 2 saturated heterocycles. The van der Waals surface area contributed by atoms with Crippen LogP contribution < -0.4 is 18.9 Å². The number of amides is 1. The second kappa shape index (κ2) is 13.1. The third-order valence-corrected chi connectivity index (χ3v) is 8.75. The highest BCUT2D eigenvalue weighted by molar-refractivity contribution is 6.30. The molecule has 11 heteroatoms. The SMILES string of the molecule is COc1ccc(COc2ccc(C(=O)N3C[C@](C)(O)CO3)c(OC[C@@H](O)CN3CCC4(CC3)Cc3cc(Cl)ccc3O4)c2)cc1. The van der Waals surface area contributed by atoms with Gasteiger partial charge < -0.3 is 34.1 Å². The number of aliphatic hydroxyl groups excluding tert-OH is 1. The van der Waals surface area contributed by atoms with Gasteiger partial charge in [-0.1, -0.05) is 23.7 Å². The number of hydrogen-bond donors (Lipinski definition) is 2. The normalized spacial score (nSPS) is 21.3. The minimum absolute atomic E-state index is 0.0126. The average Bonchev–Trinajstić information content (AvgIpc) is 3.58. The summed E-state index contributed by atoms with van der Waals surface area (Å²) in [6.07, 6.45) is 1.74. The summed E-state index contributed by atoms with van der Waals surface area (Å²) in [6.45, 7) is 3.91. The van der Waals surface area contributed by atoms with Crippen LogP contribution in [0.5, 0.6) is 23.0 Å². The van der Waals surface area contributed by atoms with Crippen LogP contribution in [0.1, 0.15) is 41.3 Å². The van der Waals surface area contributed by atoms with Crippen molar-refractivity contribution < 1.29 is 38.8 Å². The van der Waals surface area contributed by atoms with Crippen molar-refractivity contribution in [1.29, 1.82) is 0 Å². The van der Waals surface area contributed by atoms with Crippen molar-refractivity contribution in [3.63, 3.8) is 0 Å². The number of methoxy groups -OCH3 is 1. The smallest absolute Gasteiger partial charge is 0.281 e. The van der Waals surface area contributed by atoms with Crippen molar-refractivity contribution in [2.24, 2.45) is 0 Å². The number of benzene rings is 3. The van der Waals surface area contributed by atoms with E-state index >= 15 is 0 Å². The fourth-order valence-electron chi connectivity index (χ4n) is 6.02. The van der Waals surface area contributed by atoms with Gasteiger partial charge in [0.05, 0.1) is 19.2 Å². The summed E-state index contributed by atoms with van der Waals surface area (Å²) in [6, 6.07) is 18.3. The number of carbonyl (C=O) groups is 1. The molecule has 1 spiro atoms. The van der Waals surface area contributed by atoms with E-state index in [0.29, 0.717) is 23.9 Å². The summed E-state index contributed by atoms with van der Waals surface area (Å²) in [7, 11) is 1.62. The Morgan fingerprint density at radius 2 is 1.80 bits per heavy atom. The number of likely N-dealkylation sites (tertiary alicyclic amines) is 1. The zero-order valence-electron chi connectivity index (χ0n) is 25.5. The topological polar surface area (TPSA) is 110 Å². The first-order valence-corrected chi connectivity index (χ1v) is 15.6. The quantitative estimate of drug-likeness (QED) is 0.336. The molecule has 0 radical (unpaired) electrons. The van der Waals surface area contributed by atoms with Crippen LogP contribution in [-0.4, -0.2) is 89.9 Å². The first-order chi connectivity index (χ1) is 21.6. The largest absolute Gasteiger partial charge is 0.497 e. The highest BCUT2D eigenvalue weighted by Crippen LogP contribution is 2.42. The molecule has 0 aliphatic carbocycles. The summed E-state index contributed by atoms with van der Waals surface area (Å²) < 4.78 is 23.6. The van der Waals surface area contributed by atoms with E-state index in [9.17, 15) is 15.0 Å². The summed E-state index contributed by atoms with van der Waals surface area (Å²) in [5, 5.41) is 23.1. The van der Waals surface area contributed by atoms with Gasteiger partial charge in [0.1, 0.15) is 60.1 Å². The molecule has 1 amide bonds. The van der Waals surface area contributed by atoms with E-state index in [4.69, 9.17) is 35.4 Å². The molecule has 3 aromatic rings. The third-order valence-electron chi connectivity index (χ3n) is 8.52. The van der Waals surface area contributed by atoms with Crippen LogP contribution in [0.3, 0.4) is 0 Å². The number of β-amino-alcohol motifs (C(OH)–C–C–N with tert-alkyl or cyclic N) is 2. The number of aliphatic hydroxyl groups is 2. The van der Waals surface area contributed by atoms with Gasteiger partial charge in [-0.05, 0) is 60.5 Å². The van der Waals surface area contributed by atoms with Crippen LogP contribution in [0.2, 0.25) is 5.02 Å². The molecule has 0 saturated carbocycles. The Kier molecular flexibility index (Phi) is 9.12. The van der Waals surface area contributed by atoms with E-state index in [1.807, 2.05) is 42.5 Å². The molecule has 2 fully saturated rings. The van der Waals surface area contributed by atoms with Gasteiger partial charge in [0.25, 0.3) is 5.91 Å². The molecule has 2 N–H and O–H groups in total. The summed E-state index contributed by atoms with van der Waals surface area (Å²) in [4.78, 5) is 21.0. The lowest BCUT2D eigenvalue weighted by Gasteiger charge is -2.39. The molecule has 3 aliphatic heterocycles.